The molecule has 0 amide bonds. The molecule has 0 aliphatic heterocycles. The summed E-state index contributed by atoms with van der Waals surface area (Å²) in [5.41, 5.74) is 0.327. The number of rotatable bonds is 9. The number of aliphatic imine (C=N–C) groups is 1. The topological polar surface area (TPSA) is 52.8 Å². The lowest BCUT2D eigenvalue weighted by atomic mass is 9.86. The molecule has 1 aliphatic carbocycles. The Bertz CT molecular complexity index is 508. The smallest absolute Gasteiger partial charge is 0.191 e. The number of furan rings is 1. The van der Waals surface area contributed by atoms with E-state index in [0.29, 0.717) is 12.0 Å². The van der Waals surface area contributed by atoms with Crippen LogP contribution in [0.15, 0.2) is 40.5 Å². The molecule has 0 bridgehead atoms. The van der Waals surface area contributed by atoms with Crippen LogP contribution in [0.2, 0.25) is 0 Å². The fourth-order valence-corrected chi connectivity index (χ4v) is 3.51. The van der Waals surface area contributed by atoms with E-state index in [1.807, 2.05) is 18.2 Å². The molecule has 6 heteroatoms. The third-order valence-corrected chi connectivity index (χ3v) is 4.55. The second-order valence-electron chi connectivity index (χ2n) is 7.04. The molecule has 2 N–H and O–H groups in total. The van der Waals surface area contributed by atoms with Crippen molar-refractivity contribution in [2.45, 2.75) is 32.1 Å². The lowest BCUT2D eigenvalue weighted by Gasteiger charge is -2.30. The van der Waals surface area contributed by atoms with Gasteiger partial charge in [-0.3, -0.25) is 4.99 Å². The van der Waals surface area contributed by atoms with Gasteiger partial charge in [0.25, 0.3) is 0 Å². The third-order valence-electron chi connectivity index (χ3n) is 4.55. The Kier molecular flexibility index (Phi) is 10.2. The van der Waals surface area contributed by atoms with E-state index in [4.69, 9.17) is 9.41 Å². The van der Waals surface area contributed by atoms with Gasteiger partial charge in [0.05, 0.1) is 6.26 Å². The summed E-state index contributed by atoms with van der Waals surface area (Å²) in [6.45, 7) is 7.28. The molecule has 0 aromatic carbocycles. The maximum absolute atomic E-state index is 5.38. The fraction of sp³-hybridized carbons (Fsp3) is 0.632. The van der Waals surface area contributed by atoms with Crippen LogP contribution in [0.3, 0.4) is 0 Å². The molecule has 142 valence electrons. The van der Waals surface area contributed by atoms with Gasteiger partial charge in [-0.2, -0.15) is 0 Å². The summed E-state index contributed by atoms with van der Waals surface area (Å²) in [5.74, 6) is 1.86. The van der Waals surface area contributed by atoms with Crippen LogP contribution < -0.4 is 10.6 Å². The largest absolute Gasteiger partial charge is 0.469 e. The number of guanidine groups is 1. The van der Waals surface area contributed by atoms with Gasteiger partial charge < -0.3 is 20.0 Å². The van der Waals surface area contributed by atoms with Gasteiger partial charge in [-0.05, 0) is 39.1 Å². The maximum atomic E-state index is 5.38. The average molecular weight is 460 g/mol. The minimum atomic E-state index is 0. The third kappa shape index (κ3) is 7.81. The van der Waals surface area contributed by atoms with Gasteiger partial charge in [-0.15, -0.1) is 30.6 Å². The van der Waals surface area contributed by atoms with Crippen LogP contribution in [0.25, 0.3) is 0 Å². The second kappa shape index (κ2) is 11.6. The van der Waals surface area contributed by atoms with Crippen molar-refractivity contribution in [1.82, 2.24) is 15.5 Å². The molecule has 1 heterocycles. The van der Waals surface area contributed by atoms with Crippen molar-refractivity contribution in [2.24, 2.45) is 10.4 Å². The van der Waals surface area contributed by atoms with Crippen LogP contribution in [-0.2, 0) is 6.42 Å². The van der Waals surface area contributed by atoms with Gasteiger partial charge in [0.1, 0.15) is 5.76 Å². The van der Waals surface area contributed by atoms with E-state index in [9.17, 15) is 0 Å². The lowest BCUT2D eigenvalue weighted by molar-refractivity contribution is 0.210. The van der Waals surface area contributed by atoms with E-state index in [0.717, 1.165) is 37.8 Å². The first-order chi connectivity index (χ1) is 11.6. The molecule has 1 aromatic heterocycles. The lowest BCUT2D eigenvalue weighted by Crippen LogP contribution is -2.40. The molecule has 2 rings (SSSR count). The number of hydrogen-bond acceptors (Lipinski definition) is 3. The molecule has 0 radical (unpaired) electrons. The highest BCUT2D eigenvalue weighted by Gasteiger charge is 2.34. The van der Waals surface area contributed by atoms with Crippen LogP contribution in [-0.4, -0.2) is 51.1 Å². The zero-order valence-electron chi connectivity index (χ0n) is 15.6. The second-order valence-corrected chi connectivity index (χ2v) is 7.04. The van der Waals surface area contributed by atoms with Crippen LogP contribution in [0, 0.1) is 5.41 Å². The summed E-state index contributed by atoms with van der Waals surface area (Å²) in [6, 6.07) is 3.92. The van der Waals surface area contributed by atoms with Crippen LogP contribution >= 0.6 is 24.0 Å². The Balaban J connectivity index is 0.00000312. The minimum Gasteiger partial charge on any atom is -0.469 e. The van der Waals surface area contributed by atoms with Gasteiger partial charge >= 0.3 is 0 Å². The summed E-state index contributed by atoms with van der Waals surface area (Å²) in [5, 5.41) is 6.73. The zero-order chi connectivity index (χ0) is 17.3. The Hall–Kier alpha value is -1.02. The highest BCUT2D eigenvalue weighted by molar-refractivity contribution is 14.0. The van der Waals surface area contributed by atoms with E-state index in [-0.39, 0.29) is 24.0 Å². The quantitative estimate of drug-likeness (QED) is 0.257. The van der Waals surface area contributed by atoms with Crippen molar-refractivity contribution in [3.05, 3.63) is 36.8 Å². The first-order valence-corrected chi connectivity index (χ1v) is 8.94. The molecule has 0 unspecified atom stereocenters. The van der Waals surface area contributed by atoms with Gasteiger partial charge in [0, 0.05) is 38.0 Å². The first-order valence-electron chi connectivity index (χ1n) is 8.94. The van der Waals surface area contributed by atoms with Crippen molar-refractivity contribution in [3.8, 4) is 0 Å². The molecule has 0 saturated heterocycles. The number of nitrogens with one attached hydrogen (secondary N) is 2. The zero-order valence-corrected chi connectivity index (χ0v) is 17.9. The van der Waals surface area contributed by atoms with Crippen LogP contribution in [0.1, 0.15) is 31.4 Å². The molecule has 1 aromatic rings. The number of nitrogens with zero attached hydrogens (tertiary/aromatic N) is 2. The highest BCUT2D eigenvalue weighted by Crippen LogP contribution is 2.38. The molecule has 1 aliphatic rings. The van der Waals surface area contributed by atoms with Crippen molar-refractivity contribution in [3.63, 3.8) is 0 Å². The molecule has 0 spiro atoms. The van der Waals surface area contributed by atoms with E-state index < -0.39 is 0 Å². The van der Waals surface area contributed by atoms with Gasteiger partial charge in [-0.1, -0.05) is 18.9 Å². The minimum absolute atomic E-state index is 0. The van der Waals surface area contributed by atoms with Crippen molar-refractivity contribution in [2.75, 3.05) is 40.3 Å². The van der Waals surface area contributed by atoms with E-state index >= 15 is 0 Å². The van der Waals surface area contributed by atoms with E-state index in [2.05, 4.69) is 36.2 Å². The summed E-state index contributed by atoms with van der Waals surface area (Å²) in [4.78, 5) is 7.17. The molecule has 1 fully saturated rings. The summed E-state index contributed by atoms with van der Waals surface area (Å²) in [6.07, 6.45) is 9.62. The Labute approximate surface area is 169 Å². The molecular weight excluding hydrogens is 427 g/mol. The van der Waals surface area contributed by atoms with Gasteiger partial charge in [0.2, 0.25) is 0 Å². The number of halogens is 1. The predicted octanol–water partition coefficient (Wildman–Crippen LogP) is 3.28. The van der Waals surface area contributed by atoms with E-state index in [1.165, 1.54) is 25.7 Å². The van der Waals surface area contributed by atoms with Crippen LogP contribution in [0.5, 0.6) is 0 Å². The van der Waals surface area contributed by atoms with Crippen LogP contribution in [0.4, 0.5) is 0 Å². The molecule has 1 saturated carbocycles. The van der Waals surface area contributed by atoms with Crippen molar-refractivity contribution in [1.29, 1.82) is 0 Å². The highest BCUT2D eigenvalue weighted by atomic mass is 127. The average Bonchev–Trinajstić information content (AvgIpc) is 3.21. The number of hydrogen-bond donors (Lipinski definition) is 2. The summed E-state index contributed by atoms with van der Waals surface area (Å²) >= 11 is 0. The summed E-state index contributed by atoms with van der Waals surface area (Å²) in [7, 11) is 4.31. The fourth-order valence-electron chi connectivity index (χ4n) is 3.51. The van der Waals surface area contributed by atoms with Gasteiger partial charge in [-0.25, -0.2) is 0 Å². The first kappa shape index (κ1) is 22.0. The summed E-state index contributed by atoms with van der Waals surface area (Å²) < 4.78 is 5.38. The predicted molar refractivity (Wildman–Crippen MR) is 116 cm³/mol. The van der Waals surface area contributed by atoms with Crippen molar-refractivity contribution >= 4 is 29.9 Å². The standard InChI is InChI=1S/C19H32N4O.HI/c1-4-12-20-18(21-13-9-17-8-7-14-24-17)22-15-19(16-23(2)3)10-5-6-11-19;/h4,7-8,14H,1,5-6,9-13,15-16H2,2-3H3,(H2,20,21,22);1H. The monoisotopic (exact) mass is 460 g/mol. The maximum Gasteiger partial charge on any atom is 0.191 e. The Morgan fingerprint density at radius 3 is 2.72 bits per heavy atom. The molecule has 25 heavy (non-hydrogen) atoms. The Morgan fingerprint density at radius 1 is 1.36 bits per heavy atom. The normalized spacial score (nSPS) is 16.5. The SMILES string of the molecule is C=CCNC(=NCC1(CN(C)C)CCCC1)NCCc1ccco1.I. The van der Waals surface area contributed by atoms with E-state index in [1.54, 1.807) is 6.26 Å². The molecular formula is C19H33IN4O. The molecule has 5 nitrogen and oxygen atoms in total. The molecule has 0 atom stereocenters. The van der Waals surface area contributed by atoms with Crippen molar-refractivity contribution < 1.29 is 4.42 Å². The van der Waals surface area contributed by atoms with Gasteiger partial charge in [0.15, 0.2) is 5.96 Å². The Morgan fingerprint density at radius 2 is 2.12 bits per heavy atom.